The average Bonchev–Trinajstić information content (AvgIpc) is 3.20. The van der Waals surface area contributed by atoms with Gasteiger partial charge >= 0.3 is 0 Å². The van der Waals surface area contributed by atoms with Gasteiger partial charge in [0.05, 0.1) is 11.2 Å². The first-order valence-corrected chi connectivity index (χ1v) is 15.3. The minimum atomic E-state index is -1.33. The topological polar surface area (TPSA) is 104 Å². The molecule has 7 nitrogen and oxygen atoms in total. The largest absolute Gasteiger partial charge is 0.385 e. The summed E-state index contributed by atoms with van der Waals surface area (Å²) in [7, 11) is 0. The maximum atomic E-state index is 14.2. The first-order chi connectivity index (χ1) is 18.1. The second kappa shape index (κ2) is 11.9. The zero-order valence-electron chi connectivity index (χ0n) is 22.9. The molecular formula is C30H42N2O5S. The lowest BCUT2D eigenvalue weighted by Gasteiger charge is -2.52. The standard InChI is InChI=1S/C30H42N2O5S/c1-5-7-8-9-20(6-2)23-24(28(35)31-27(23)34)26(33)22-18(3)10-11-30(37)17-21(16-19(4)25(22)30)29(36)32-12-14-38-15-13-32/h6,10-11,18-22,25,37H,2,5,7-9,12-17H2,1,3-4H3,(H,31,34,35). The van der Waals surface area contributed by atoms with Gasteiger partial charge < -0.3 is 10.0 Å². The maximum Gasteiger partial charge on any atom is 0.262 e. The van der Waals surface area contributed by atoms with E-state index in [1.54, 1.807) is 12.2 Å². The summed E-state index contributed by atoms with van der Waals surface area (Å²) in [6.07, 6.45) is 9.66. The van der Waals surface area contributed by atoms with Gasteiger partial charge in [0.25, 0.3) is 11.8 Å². The van der Waals surface area contributed by atoms with Crippen LogP contribution in [0.3, 0.4) is 0 Å². The van der Waals surface area contributed by atoms with Crippen molar-refractivity contribution >= 4 is 35.3 Å². The molecule has 2 aliphatic carbocycles. The molecule has 8 heteroatoms. The Morgan fingerprint density at radius 2 is 1.95 bits per heavy atom. The quantitative estimate of drug-likeness (QED) is 0.199. The fourth-order valence-electron chi connectivity index (χ4n) is 7.17. The Morgan fingerprint density at radius 1 is 1.24 bits per heavy atom. The van der Waals surface area contributed by atoms with Crippen LogP contribution in [0.15, 0.2) is 36.0 Å². The van der Waals surface area contributed by atoms with Gasteiger partial charge in [0.2, 0.25) is 5.91 Å². The fraction of sp³-hybridized carbons (Fsp3) is 0.667. The third kappa shape index (κ3) is 5.44. The van der Waals surface area contributed by atoms with E-state index in [-0.39, 0.29) is 52.9 Å². The van der Waals surface area contributed by atoms with Crippen LogP contribution in [0.2, 0.25) is 0 Å². The molecule has 7 unspecified atom stereocenters. The highest BCUT2D eigenvalue weighted by atomic mass is 32.2. The number of carbonyl (C=O) groups is 4. The minimum absolute atomic E-state index is 0.0675. The van der Waals surface area contributed by atoms with Crippen LogP contribution in [-0.2, 0) is 19.2 Å². The number of allylic oxidation sites excluding steroid dienone is 2. The highest BCUT2D eigenvalue weighted by Gasteiger charge is 2.56. The minimum Gasteiger partial charge on any atom is -0.385 e. The third-order valence-corrected chi connectivity index (χ3v) is 9.97. The van der Waals surface area contributed by atoms with Crippen molar-refractivity contribution in [2.24, 2.45) is 35.5 Å². The molecule has 4 rings (SSSR count). The van der Waals surface area contributed by atoms with Crippen molar-refractivity contribution in [2.75, 3.05) is 24.6 Å². The van der Waals surface area contributed by atoms with Crippen LogP contribution in [0.1, 0.15) is 59.3 Å². The molecule has 1 saturated carbocycles. The zero-order chi connectivity index (χ0) is 27.6. The number of Topliss-reactive ketones (excluding diaryl/α,β-unsaturated/α-hetero) is 1. The van der Waals surface area contributed by atoms with Crippen LogP contribution in [-0.4, -0.2) is 63.7 Å². The predicted octanol–water partition coefficient (Wildman–Crippen LogP) is 3.68. The van der Waals surface area contributed by atoms with Crippen molar-refractivity contribution in [3.63, 3.8) is 0 Å². The number of imide groups is 1. The van der Waals surface area contributed by atoms with E-state index in [0.717, 1.165) is 43.9 Å². The molecule has 208 valence electrons. The summed E-state index contributed by atoms with van der Waals surface area (Å²) < 4.78 is 0. The lowest BCUT2D eigenvalue weighted by atomic mass is 9.55. The van der Waals surface area contributed by atoms with Gasteiger partial charge in [-0.05, 0) is 31.1 Å². The molecule has 7 atom stereocenters. The number of rotatable bonds is 9. The highest BCUT2D eigenvalue weighted by Crippen LogP contribution is 2.51. The Kier molecular flexibility index (Phi) is 9.03. The number of hydrogen-bond donors (Lipinski definition) is 2. The van der Waals surface area contributed by atoms with Crippen LogP contribution in [0.25, 0.3) is 0 Å². The van der Waals surface area contributed by atoms with Crippen LogP contribution in [0, 0.1) is 35.5 Å². The summed E-state index contributed by atoms with van der Waals surface area (Å²) in [6, 6.07) is 0. The van der Waals surface area contributed by atoms with Gasteiger partial charge in [0.15, 0.2) is 5.78 Å². The van der Waals surface area contributed by atoms with Gasteiger partial charge in [0.1, 0.15) is 0 Å². The van der Waals surface area contributed by atoms with Crippen molar-refractivity contribution in [3.05, 3.63) is 36.0 Å². The number of hydrogen-bond acceptors (Lipinski definition) is 6. The molecule has 0 aromatic heterocycles. The van der Waals surface area contributed by atoms with Gasteiger partial charge in [-0.15, -0.1) is 6.58 Å². The van der Waals surface area contributed by atoms with Gasteiger partial charge in [-0.2, -0.15) is 11.8 Å². The van der Waals surface area contributed by atoms with Gasteiger partial charge in [-0.25, -0.2) is 0 Å². The summed E-state index contributed by atoms with van der Waals surface area (Å²) in [6.45, 7) is 11.4. The Hall–Kier alpha value is -2.19. The van der Waals surface area contributed by atoms with E-state index in [0.29, 0.717) is 12.8 Å². The Bertz CT molecular complexity index is 1050. The van der Waals surface area contributed by atoms with Crippen molar-refractivity contribution in [2.45, 2.75) is 64.9 Å². The summed E-state index contributed by atoms with van der Waals surface area (Å²) in [5.41, 5.74) is -1.17. The Balaban J connectivity index is 1.64. The summed E-state index contributed by atoms with van der Waals surface area (Å²) in [5, 5.41) is 14.3. The molecule has 2 fully saturated rings. The average molecular weight is 543 g/mol. The number of aliphatic hydroxyl groups is 1. The molecule has 2 heterocycles. The van der Waals surface area contributed by atoms with Crippen LogP contribution < -0.4 is 5.32 Å². The first kappa shape index (κ1) is 28.8. The van der Waals surface area contributed by atoms with Crippen LogP contribution in [0.5, 0.6) is 0 Å². The molecule has 0 aromatic rings. The van der Waals surface area contributed by atoms with Crippen molar-refractivity contribution < 1.29 is 24.3 Å². The molecule has 2 aliphatic heterocycles. The van der Waals surface area contributed by atoms with E-state index in [1.807, 2.05) is 36.6 Å². The molecule has 1 saturated heterocycles. The molecule has 38 heavy (non-hydrogen) atoms. The Labute approximate surface area is 230 Å². The predicted molar refractivity (Wildman–Crippen MR) is 149 cm³/mol. The van der Waals surface area contributed by atoms with E-state index in [2.05, 4.69) is 18.8 Å². The number of nitrogens with one attached hydrogen (secondary N) is 1. The van der Waals surface area contributed by atoms with Gasteiger partial charge in [-0.3, -0.25) is 24.5 Å². The van der Waals surface area contributed by atoms with Crippen LogP contribution >= 0.6 is 11.8 Å². The van der Waals surface area contributed by atoms with Crippen molar-refractivity contribution in [1.82, 2.24) is 10.2 Å². The maximum absolute atomic E-state index is 14.2. The number of unbranched alkanes of at least 4 members (excludes halogenated alkanes) is 2. The van der Waals surface area contributed by atoms with Gasteiger partial charge in [-0.1, -0.05) is 58.3 Å². The first-order valence-electron chi connectivity index (χ1n) is 14.2. The molecule has 0 radical (unpaired) electrons. The molecule has 0 bridgehead atoms. The van der Waals surface area contributed by atoms with E-state index in [9.17, 15) is 24.3 Å². The van der Waals surface area contributed by atoms with E-state index in [1.165, 1.54) is 0 Å². The Morgan fingerprint density at radius 3 is 2.61 bits per heavy atom. The number of carbonyl (C=O) groups excluding carboxylic acids is 4. The number of nitrogens with zero attached hydrogens (tertiary/aromatic N) is 1. The molecule has 4 aliphatic rings. The number of amides is 3. The molecule has 0 spiro atoms. The fourth-order valence-corrected chi connectivity index (χ4v) is 8.07. The number of fused-ring (bicyclic) bond motifs is 1. The second-order valence-corrected chi connectivity index (χ2v) is 12.8. The summed E-state index contributed by atoms with van der Waals surface area (Å²) in [4.78, 5) is 55.3. The van der Waals surface area contributed by atoms with Crippen molar-refractivity contribution in [3.8, 4) is 0 Å². The van der Waals surface area contributed by atoms with Crippen molar-refractivity contribution in [1.29, 1.82) is 0 Å². The SMILES string of the molecule is C=CC(CCCCC)C1=C(C(=O)C2C(C)C=CC3(O)CC(C(=O)N4CCSCC4)CC(C)C23)C(=O)NC1=O. The summed E-state index contributed by atoms with van der Waals surface area (Å²) >= 11 is 1.85. The monoisotopic (exact) mass is 542 g/mol. The van der Waals surface area contributed by atoms with Crippen LogP contribution in [0.4, 0.5) is 0 Å². The number of thioether (sulfide) groups is 1. The van der Waals surface area contributed by atoms with E-state index in [4.69, 9.17) is 0 Å². The molecular weight excluding hydrogens is 500 g/mol. The smallest absolute Gasteiger partial charge is 0.262 e. The molecule has 2 N–H and O–H groups in total. The summed E-state index contributed by atoms with van der Waals surface area (Å²) in [5.74, 6) is -1.74. The van der Waals surface area contributed by atoms with Gasteiger partial charge in [0, 0.05) is 53.8 Å². The third-order valence-electron chi connectivity index (χ3n) is 9.02. The zero-order valence-corrected chi connectivity index (χ0v) is 23.7. The number of ketones is 1. The normalized spacial score (nSPS) is 34.1. The molecule has 3 amide bonds. The van der Waals surface area contributed by atoms with E-state index < -0.39 is 29.3 Å². The lowest BCUT2D eigenvalue weighted by Crippen LogP contribution is -2.57. The lowest BCUT2D eigenvalue weighted by molar-refractivity contribution is -0.150. The van der Waals surface area contributed by atoms with E-state index >= 15 is 0 Å². The second-order valence-electron chi connectivity index (χ2n) is 11.6. The highest BCUT2D eigenvalue weighted by molar-refractivity contribution is 7.99. The molecule has 0 aromatic carbocycles.